The summed E-state index contributed by atoms with van der Waals surface area (Å²) in [7, 11) is 0. The zero-order valence-electron chi connectivity index (χ0n) is 23.0. The number of aromatic nitrogens is 1. The molecule has 0 fully saturated rings. The van der Waals surface area contributed by atoms with Crippen molar-refractivity contribution in [3.63, 3.8) is 0 Å². The van der Waals surface area contributed by atoms with E-state index in [1.165, 1.54) is 44.1 Å². The van der Waals surface area contributed by atoms with Crippen molar-refractivity contribution in [2.75, 3.05) is 0 Å². The van der Waals surface area contributed by atoms with Crippen LogP contribution in [0, 0.1) is 11.3 Å². The molecule has 0 aliphatic carbocycles. The smallest absolute Gasteiger partial charge is 0.0988 e. The maximum Gasteiger partial charge on any atom is 0.0988 e. The Labute approximate surface area is 236 Å². The lowest BCUT2D eigenvalue weighted by Crippen LogP contribution is -1.93. The fourth-order valence-electron chi connectivity index (χ4n) is 5.10. The van der Waals surface area contributed by atoms with Gasteiger partial charge in [-0.15, -0.1) is 0 Å². The van der Waals surface area contributed by atoms with Crippen LogP contribution in [0.1, 0.15) is 19.4 Å². The average molecular weight is 517 g/mol. The summed E-state index contributed by atoms with van der Waals surface area (Å²) in [5.41, 5.74) is 10.1. The molecule has 5 aromatic carbocycles. The van der Waals surface area contributed by atoms with E-state index in [4.69, 9.17) is 5.26 Å². The van der Waals surface area contributed by atoms with Gasteiger partial charge in [0.05, 0.1) is 17.1 Å². The topological polar surface area (TPSA) is 28.7 Å². The van der Waals surface area contributed by atoms with Crippen LogP contribution in [0.15, 0.2) is 146 Å². The molecule has 0 aliphatic heterocycles. The first kappa shape index (κ1) is 26.5. The monoisotopic (exact) mass is 516 g/mol. The third kappa shape index (κ3) is 5.23. The number of nitrogens with zero attached hydrogens (tertiary/aromatic N) is 2. The number of fused-ring (bicyclic) bond motifs is 3. The molecule has 6 rings (SSSR count). The summed E-state index contributed by atoms with van der Waals surface area (Å²) in [4.78, 5) is 0. The summed E-state index contributed by atoms with van der Waals surface area (Å²) >= 11 is 0. The SMILES string of the molecule is C=C/C(C#N)=C\Cc1ccc(-c2ccc3c(c2)c2cc(-c4ccccc4)ccc2n3-c2ccccc2)cc1.CC. The second-order valence-electron chi connectivity index (χ2n) is 9.38. The highest BCUT2D eigenvalue weighted by Crippen LogP contribution is 2.37. The van der Waals surface area contributed by atoms with Gasteiger partial charge in [0.1, 0.15) is 0 Å². The summed E-state index contributed by atoms with van der Waals surface area (Å²) in [6.07, 6.45) is 4.22. The highest BCUT2D eigenvalue weighted by Gasteiger charge is 2.14. The van der Waals surface area contributed by atoms with Gasteiger partial charge < -0.3 is 4.57 Å². The van der Waals surface area contributed by atoms with Crippen LogP contribution in [0.2, 0.25) is 0 Å². The quantitative estimate of drug-likeness (QED) is 0.160. The number of benzene rings is 5. The van der Waals surface area contributed by atoms with Crippen LogP contribution in [-0.4, -0.2) is 4.57 Å². The minimum Gasteiger partial charge on any atom is -0.309 e. The normalized spacial score (nSPS) is 11.1. The number of nitriles is 1. The van der Waals surface area contributed by atoms with Crippen molar-refractivity contribution in [2.45, 2.75) is 20.3 Å². The van der Waals surface area contributed by atoms with Crippen LogP contribution >= 0.6 is 0 Å². The number of hydrogen-bond donors (Lipinski definition) is 0. The van der Waals surface area contributed by atoms with Gasteiger partial charge in [0.25, 0.3) is 0 Å². The van der Waals surface area contributed by atoms with Crippen LogP contribution in [0.5, 0.6) is 0 Å². The van der Waals surface area contributed by atoms with Crippen LogP contribution in [0.3, 0.4) is 0 Å². The summed E-state index contributed by atoms with van der Waals surface area (Å²) in [6, 6.07) is 45.4. The molecule has 194 valence electrons. The number of rotatable bonds is 6. The predicted octanol–water partition coefficient (Wildman–Crippen LogP) is 10.3. The Hall–Kier alpha value is -5.13. The molecule has 0 spiro atoms. The second kappa shape index (κ2) is 12.2. The van der Waals surface area contributed by atoms with Gasteiger partial charge in [-0.25, -0.2) is 0 Å². The molecule has 0 bridgehead atoms. The van der Waals surface area contributed by atoms with E-state index in [1.54, 1.807) is 6.08 Å². The molecule has 0 saturated carbocycles. The van der Waals surface area contributed by atoms with Crippen LogP contribution in [0.25, 0.3) is 49.7 Å². The molecule has 1 heterocycles. The molecule has 40 heavy (non-hydrogen) atoms. The van der Waals surface area contributed by atoms with Gasteiger partial charge in [-0.3, -0.25) is 0 Å². The fraction of sp³-hybridized carbons (Fsp3) is 0.0789. The van der Waals surface area contributed by atoms with Crippen LogP contribution < -0.4 is 0 Å². The summed E-state index contributed by atoms with van der Waals surface area (Å²) < 4.78 is 2.35. The molecule has 2 nitrogen and oxygen atoms in total. The van der Waals surface area contributed by atoms with E-state index in [1.807, 2.05) is 19.9 Å². The molecule has 0 amide bonds. The Morgan fingerprint density at radius 2 is 1.18 bits per heavy atom. The Morgan fingerprint density at radius 3 is 1.70 bits per heavy atom. The Bertz CT molecular complexity index is 1830. The summed E-state index contributed by atoms with van der Waals surface area (Å²) in [5.74, 6) is 0. The Morgan fingerprint density at radius 1 is 0.675 bits per heavy atom. The zero-order valence-corrected chi connectivity index (χ0v) is 23.0. The molecule has 2 heteroatoms. The standard InChI is InChI=1S/C36H26N2.C2H6/c1-2-26(25-37)13-14-27-15-17-29(18-16-27)31-20-22-36-34(24-31)33-23-30(28-9-5-3-6-10-28)19-21-35(33)38(36)32-11-7-4-8-12-32;1-2/h2-13,15-24H,1,14H2;1-2H3/b26-13+;. The van der Waals surface area contributed by atoms with Crippen molar-refractivity contribution < 1.29 is 0 Å². The highest BCUT2D eigenvalue weighted by molar-refractivity contribution is 6.11. The molecule has 0 unspecified atom stereocenters. The molecule has 0 aliphatic rings. The lowest BCUT2D eigenvalue weighted by molar-refractivity contribution is 1.18. The minimum absolute atomic E-state index is 0.601. The molecule has 0 atom stereocenters. The van der Waals surface area contributed by atoms with Crippen molar-refractivity contribution in [1.82, 2.24) is 4.57 Å². The van der Waals surface area contributed by atoms with Gasteiger partial charge in [-0.05, 0) is 70.6 Å². The number of para-hydroxylation sites is 1. The van der Waals surface area contributed by atoms with Gasteiger partial charge in [-0.2, -0.15) is 5.26 Å². The van der Waals surface area contributed by atoms with E-state index in [2.05, 4.69) is 139 Å². The van der Waals surface area contributed by atoms with Gasteiger partial charge in [0.2, 0.25) is 0 Å². The zero-order chi connectivity index (χ0) is 27.9. The van der Waals surface area contributed by atoms with E-state index in [-0.39, 0.29) is 0 Å². The van der Waals surface area contributed by atoms with E-state index in [0.717, 1.165) is 11.3 Å². The van der Waals surface area contributed by atoms with Crippen molar-refractivity contribution in [3.05, 3.63) is 151 Å². The number of hydrogen-bond acceptors (Lipinski definition) is 1. The molecular formula is C38H32N2. The summed E-state index contributed by atoms with van der Waals surface area (Å²) in [6.45, 7) is 7.70. The maximum absolute atomic E-state index is 9.12. The summed E-state index contributed by atoms with van der Waals surface area (Å²) in [5, 5.41) is 11.6. The van der Waals surface area contributed by atoms with Crippen molar-refractivity contribution in [2.24, 2.45) is 0 Å². The Balaban J connectivity index is 0.00000158. The van der Waals surface area contributed by atoms with Crippen LogP contribution in [-0.2, 0) is 6.42 Å². The van der Waals surface area contributed by atoms with Crippen LogP contribution in [0.4, 0.5) is 0 Å². The van der Waals surface area contributed by atoms with E-state index in [9.17, 15) is 0 Å². The fourth-order valence-corrected chi connectivity index (χ4v) is 5.10. The molecule has 0 radical (unpaired) electrons. The van der Waals surface area contributed by atoms with Gasteiger partial charge >= 0.3 is 0 Å². The van der Waals surface area contributed by atoms with E-state index < -0.39 is 0 Å². The molecule has 6 aromatic rings. The maximum atomic E-state index is 9.12. The predicted molar refractivity (Wildman–Crippen MR) is 171 cm³/mol. The molecule has 0 N–H and O–H groups in total. The molecule has 1 aromatic heterocycles. The first-order valence-corrected chi connectivity index (χ1v) is 13.8. The third-order valence-electron chi connectivity index (χ3n) is 7.08. The first-order valence-electron chi connectivity index (χ1n) is 13.8. The van der Waals surface area contributed by atoms with Crippen molar-refractivity contribution in [3.8, 4) is 34.0 Å². The molecular weight excluding hydrogens is 484 g/mol. The minimum atomic E-state index is 0.601. The average Bonchev–Trinajstić information content (AvgIpc) is 3.36. The molecule has 0 saturated heterocycles. The lowest BCUT2D eigenvalue weighted by Gasteiger charge is -2.08. The van der Waals surface area contributed by atoms with Gasteiger partial charge in [0.15, 0.2) is 0 Å². The largest absolute Gasteiger partial charge is 0.309 e. The van der Waals surface area contributed by atoms with Crippen molar-refractivity contribution in [1.29, 1.82) is 5.26 Å². The first-order chi connectivity index (χ1) is 19.7. The highest BCUT2D eigenvalue weighted by atomic mass is 15.0. The Kier molecular flexibility index (Phi) is 8.05. The van der Waals surface area contributed by atoms with Gasteiger partial charge in [-0.1, -0.05) is 118 Å². The van der Waals surface area contributed by atoms with Gasteiger partial charge in [0, 0.05) is 22.0 Å². The van der Waals surface area contributed by atoms with E-state index in [0.29, 0.717) is 12.0 Å². The third-order valence-corrected chi connectivity index (χ3v) is 7.08. The second-order valence-corrected chi connectivity index (χ2v) is 9.38. The van der Waals surface area contributed by atoms with E-state index >= 15 is 0 Å². The lowest BCUT2D eigenvalue weighted by atomic mass is 9.99. The number of allylic oxidation sites excluding steroid dienone is 3. The van der Waals surface area contributed by atoms with Crippen molar-refractivity contribution >= 4 is 21.8 Å².